The summed E-state index contributed by atoms with van der Waals surface area (Å²) in [6.45, 7) is 3.10. The van der Waals surface area contributed by atoms with Crippen LogP contribution in [0.25, 0.3) is 11.0 Å². The maximum Gasteiger partial charge on any atom is 0.220 e. The van der Waals surface area contributed by atoms with E-state index >= 15 is 0 Å². The molecule has 188 valence electrons. The average Bonchev–Trinajstić information content (AvgIpc) is 3.25. The van der Waals surface area contributed by atoms with Crippen molar-refractivity contribution in [1.29, 1.82) is 0 Å². The number of halogens is 1. The van der Waals surface area contributed by atoms with Crippen LogP contribution in [-0.2, 0) is 24.3 Å². The second kappa shape index (κ2) is 12.0. The lowest BCUT2D eigenvalue weighted by atomic mass is 9.95. The fourth-order valence-electron chi connectivity index (χ4n) is 4.38. The molecule has 36 heavy (non-hydrogen) atoms. The lowest BCUT2D eigenvalue weighted by molar-refractivity contribution is -0.121. The smallest absolute Gasteiger partial charge is 0.220 e. The van der Waals surface area contributed by atoms with Gasteiger partial charge in [-0.2, -0.15) is 0 Å². The van der Waals surface area contributed by atoms with E-state index in [-0.39, 0.29) is 5.91 Å². The third kappa shape index (κ3) is 6.18. The second-order valence-corrected chi connectivity index (χ2v) is 9.40. The SMILES string of the molecule is COc1ccc(CC(C)CCC(=O)NCc2nc3ccccc3n2Cc2ccccc2Cl)c(OC)c1. The molecule has 1 unspecified atom stereocenters. The van der Waals surface area contributed by atoms with Crippen molar-refractivity contribution in [2.24, 2.45) is 5.92 Å². The highest BCUT2D eigenvalue weighted by atomic mass is 35.5. The Balaban J connectivity index is 1.37. The fraction of sp³-hybridized carbons (Fsp3) is 0.310. The third-order valence-corrected chi connectivity index (χ3v) is 6.76. The zero-order chi connectivity index (χ0) is 25.5. The van der Waals surface area contributed by atoms with E-state index in [1.54, 1.807) is 14.2 Å². The Kier molecular flexibility index (Phi) is 8.49. The van der Waals surface area contributed by atoms with Gasteiger partial charge in [0.25, 0.3) is 0 Å². The number of nitrogens with one attached hydrogen (secondary N) is 1. The van der Waals surface area contributed by atoms with Crippen LogP contribution in [0.1, 0.15) is 36.7 Å². The maximum absolute atomic E-state index is 12.7. The molecule has 1 N–H and O–H groups in total. The number of aromatic nitrogens is 2. The Morgan fingerprint density at radius 3 is 2.58 bits per heavy atom. The molecule has 1 amide bonds. The molecular formula is C29H32ClN3O3. The molecule has 3 aromatic carbocycles. The predicted molar refractivity (Wildman–Crippen MR) is 144 cm³/mol. The van der Waals surface area contributed by atoms with Crippen molar-refractivity contribution in [2.45, 2.75) is 39.3 Å². The lowest BCUT2D eigenvalue weighted by Crippen LogP contribution is -2.25. The number of carbonyl (C=O) groups is 1. The summed E-state index contributed by atoms with van der Waals surface area (Å²) in [6, 6.07) is 21.6. The van der Waals surface area contributed by atoms with Crippen molar-refractivity contribution >= 4 is 28.5 Å². The molecule has 0 spiro atoms. The molecule has 0 aliphatic carbocycles. The van der Waals surface area contributed by atoms with Crippen LogP contribution in [0.3, 0.4) is 0 Å². The minimum Gasteiger partial charge on any atom is -0.497 e. The molecule has 0 fully saturated rings. The second-order valence-electron chi connectivity index (χ2n) is 9.00. The van der Waals surface area contributed by atoms with Gasteiger partial charge in [-0.25, -0.2) is 4.98 Å². The van der Waals surface area contributed by atoms with Gasteiger partial charge in [0.2, 0.25) is 5.91 Å². The van der Waals surface area contributed by atoms with Crippen molar-refractivity contribution < 1.29 is 14.3 Å². The van der Waals surface area contributed by atoms with E-state index in [4.69, 9.17) is 26.1 Å². The summed E-state index contributed by atoms with van der Waals surface area (Å²) in [5.74, 6) is 2.72. The van der Waals surface area contributed by atoms with Crippen LogP contribution in [0.5, 0.6) is 11.5 Å². The first-order chi connectivity index (χ1) is 17.5. The molecule has 0 radical (unpaired) electrons. The standard InChI is InChI=1S/C29H32ClN3O3/c1-20(16-21-13-14-23(35-2)17-27(21)36-3)12-15-29(34)31-18-28-32-25-10-6-7-11-26(25)33(28)19-22-8-4-5-9-24(22)30/h4-11,13-14,17,20H,12,15-16,18-19H2,1-3H3,(H,31,34). The number of hydrogen-bond donors (Lipinski definition) is 1. The zero-order valence-electron chi connectivity index (χ0n) is 21.0. The monoisotopic (exact) mass is 505 g/mol. The number of methoxy groups -OCH3 is 2. The summed E-state index contributed by atoms with van der Waals surface area (Å²) in [6.07, 6.45) is 2.05. The van der Waals surface area contributed by atoms with Crippen molar-refractivity contribution in [3.63, 3.8) is 0 Å². The largest absolute Gasteiger partial charge is 0.497 e. The third-order valence-electron chi connectivity index (χ3n) is 6.39. The van der Waals surface area contributed by atoms with Gasteiger partial charge in [-0.1, -0.05) is 54.9 Å². The van der Waals surface area contributed by atoms with Gasteiger partial charge in [-0.15, -0.1) is 0 Å². The molecule has 0 aliphatic rings. The number of para-hydroxylation sites is 2. The maximum atomic E-state index is 12.7. The molecular weight excluding hydrogens is 474 g/mol. The Morgan fingerprint density at radius 2 is 1.81 bits per heavy atom. The fourth-order valence-corrected chi connectivity index (χ4v) is 4.57. The van der Waals surface area contributed by atoms with Crippen LogP contribution < -0.4 is 14.8 Å². The number of amides is 1. The molecule has 1 heterocycles. The minimum atomic E-state index is 0.0138. The lowest BCUT2D eigenvalue weighted by Gasteiger charge is -2.15. The van der Waals surface area contributed by atoms with Crippen LogP contribution >= 0.6 is 11.6 Å². The highest BCUT2D eigenvalue weighted by Crippen LogP contribution is 2.28. The van der Waals surface area contributed by atoms with Crippen molar-refractivity contribution in [2.75, 3.05) is 14.2 Å². The van der Waals surface area contributed by atoms with Crippen LogP contribution in [0.15, 0.2) is 66.7 Å². The molecule has 1 aromatic heterocycles. The summed E-state index contributed by atoms with van der Waals surface area (Å²) in [5.41, 5.74) is 4.04. The van der Waals surface area contributed by atoms with E-state index in [0.29, 0.717) is 30.5 Å². The van der Waals surface area contributed by atoms with Gasteiger partial charge in [0.15, 0.2) is 0 Å². The normalized spacial score (nSPS) is 11.9. The van der Waals surface area contributed by atoms with Crippen LogP contribution in [-0.4, -0.2) is 29.7 Å². The van der Waals surface area contributed by atoms with Gasteiger partial charge in [-0.3, -0.25) is 4.79 Å². The Morgan fingerprint density at radius 1 is 1.03 bits per heavy atom. The first-order valence-corrected chi connectivity index (χ1v) is 12.5. The van der Waals surface area contributed by atoms with Crippen LogP contribution in [0.4, 0.5) is 0 Å². The Hall–Kier alpha value is -3.51. The zero-order valence-corrected chi connectivity index (χ0v) is 21.7. The highest BCUT2D eigenvalue weighted by molar-refractivity contribution is 6.31. The molecule has 0 saturated carbocycles. The van der Waals surface area contributed by atoms with Crippen molar-refractivity contribution in [3.8, 4) is 11.5 Å². The van der Waals surface area contributed by atoms with Crippen LogP contribution in [0.2, 0.25) is 5.02 Å². The average molecular weight is 506 g/mol. The molecule has 7 heteroatoms. The van der Waals surface area contributed by atoms with E-state index in [2.05, 4.69) is 16.8 Å². The van der Waals surface area contributed by atoms with E-state index < -0.39 is 0 Å². The molecule has 0 saturated heterocycles. The number of ether oxygens (including phenoxy) is 2. The molecule has 0 aliphatic heterocycles. The summed E-state index contributed by atoms with van der Waals surface area (Å²) in [7, 11) is 3.30. The van der Waals surface area contributed by atoms with Gasteiger partial charge in [0.1, 0.15) is 17.3 Å². The van der Waals surface area contributed by atoms with Gasteiger partial charge < -0.3 is 19.4 Å². The number of imidazole rings is 1. The van der Waals surface area contributed by atoms with Gasteiger partial charge >= 0.3 is 0 Å². The van der Waals surface area contributed by atoms with Gasteiger partial charge in [0, 0.05) is 17.5 Å². The van der Waals surface area contributed by atoms with Crippen molar-refractivity contribution in [1.82, 2.24) is 14.9 Å². The van der Waals surface area contributed by atoms with Crippen LogP contribution in [0, 0.1) is 5.92 Å². The van der Waals surface area contributed by atoms with E-state index in [1.807, 2.05) is 66.7 Å². The number of carbonyl (C=O) groups excluding carboxylic acids is 1. The van der Waals surface area contributed by atoms with E-state index in [9.17, 15) is 4.79 Å². The van der Waals surface area contributed by atoms with Gasteiger partial charge in [0.05, 0.1) is 38.3 Å². The number of fused-ring (bicyclic) bond motifs is 1. The molecule has 4 aromatic rings. The summed E-state index contributed by atoms with van der Waals surface area (Å²) >= 11 is 6.42. The number of rotatable bonds is 11. The summed E-state index contributed by atoms with van der Waals surface area (Å²) in [5, 5.41) is 3.78. The number of hydrogen-bond acceptors (Lipinski definition) is 4. The Bertz CT molecular complexity index is 1330. The molecule has 1 atom stereocenters. The summed E-state index contributed by atoms with van der Waals surface area (Å²) in [4.78, 5) is 17.5. The van der Waals surface area contributed by atoms with Gasteiger partial charge in [-0.05, 0) is 54.2 Å². The summed E-state index contributed by atoms with van der Waals surface area (Å²) < 4.78 is 12.9. The number of benzene rings is 3. The van der Waals surface area contributed by atoms with Crippen molar-refractivity contribution in [3.05, 3.63) is 88.7 Å². The predicted octanol–water partition coefficient (Wildman–Crippen LogP) is 6.03. The minimum absolute atomic E-state index is 0.0138. The topological polar surface area (TPSA) is 65.4 Å². The Labute approximate surface area is 217 Å². The molecule has 6 nitrogen and oxygen atoms in total. The molecule has 0 bridgehead atoms. The molecule has 4 rings (SSSR count). The van der Waals surface area contributed by atoms with E-state index in [1.165, 1.54) is 0 Å². The van der Waals surface area contributed by atoms with E-state index in [0.717, 1.165) is 52.3 Å². The first kappa shape index (κ1) is 25.6. The highest BCUT2D eigenvalue weighted by Gasteiger charge is 2.15. The number of nitrogens with zero attached hydrogens (tertiary/aromatic N) is 2. The first-order valence-electron chi connectivity index (χ1n) is 12.1. The quantitative estimate of drug-likeness (QED) is 0.270.